The van der Waals surface area contributed by atoms with Crippen molar-refractivity contribution in [2.45, 2.75) is 18.9 Å². The number of nitrogens with zero attached hydrogens (tertiary/aromatic N) is 3. The second kappa shape index (κ2) is 4.42. The molecule has 2 rings (SSSR count). The average Bonchev–Trinajstić information content (AvgIpc) is 3.11. The van der Waals surface area contributed by atoms with E-state index >= 15 is 0 Å². The quantitative estimate of drug-likeness (QED) is 0.783. The van der Waals surface area contributed by atoms with Gasteiger partial charge in [-0.3, -0.25) is 4.79 Å². The van der Waals surface area contributed by atoms with Crippen molar-refractivity contribution >= 4 is 5.91 Å². The van der Waals surface area contributed by atoms with Gasteiger partial charge in [-0.05, 0) is 12.8 Å². The van der Waals surface area contributed by atoms with Gasteiger partial charge in [0, 0.05) is 26.4 Å². The standard InChI is InChI=1S/C12H13N3O2/c1-15(2)12(16)10-5-11(17-9-3-4-9)8(6-13)7-14-10/h5,7,9H,3-4H2,1-2H3. The van der Waals surface area contributed by atoms with E-state index in [1.54, 1.807) is 20.2 Å². The second-order valence-corrected chi connectivity index (χ2v) is 4.19. The number of carbonyl (C=O) groups is 1. The highest BCUT2D eigenvalue weighted by atomic mass is 16.5. The van der Waals surface area contributed by atoms with E-state index in [-0.39, 0.29) is 12.0 Å². The molecule has 0 spiro atoms. The topological polar surface area (TPSA) is 66.2 Å². The van der Waals surface area contributed by atoms with Gasteiger partial charge in [0.15, 0.2) is 0 Å². The van der Waals surface area contributed by atoms with Gasteiger partial charge in [-0.2, -0.15) is 5.26 Å². The van der Waals surface area contributed by atoms with Crippen LogP contribution in [0.4, 0.5) is 0 Å². The highest BCUT2D eigenvalue weighted by molar-refractivity contribution is 5.92. The summed E-state index contributed by atoms with van der Waals surface area (Å²) < 4.78 is 5.58. The van der Waals surface area contributed by atoms with Gasteiger partial charge in [-0.1, -0.05) is 0 Å². The van der Waals surface area contributed by atoms with Crippen LogP contribution in [-0.4, -0.2) is 36.0 Å². The zero-order valence-corrected chi connectivity index (χ0v) is 9.80. The SMILES string of the molecule is CN(C)C(=O)c1cc(OC2CC2)c(C#N)cn1. The molecule has 1 saturated carbocycles. The first-order chi connectivity index (χ1) is 8.11. The third-order valence-corrected chi connectivity index (χ3v) is 2.43. The first kappa shape index (κ1) is 11.4. The van der Waals surface area contributed by atoms with E-state index < -0.39 is 0 Å². The third kappa shape index (κ3) is 2.53. The number of hydrogen-bond acceptors (Lipinski definition) is 4. The Hall–Kier alpha value is -2.09. The molecule has 0 saturated heterocycles. The second-order valence-electron chi connectivity index (χ2n) is 4.19. The van der Waals surface area contributed by atoms with Crippen molar-refractivity contribution in [3.05, 3.63) is 23.5 Å². The summed E-state index contributed by atoms with van der Waals surface area (Å²) in [5, 5.41) is 8.93. The molecule has 5 nitrogen and oxygen atoms in total. The first-order valence-corrected chi connectivity index (χ1v) is 5.40. The minimum Gasteiger partial charge on any atom is -0.489 e. The van der Waals surface area contributed by atoms with Crippen LogP contribution in [0.25, 0.3) is 0 Å². The van der Waals surface area contributed by atoms with Gasteiger partial charge in [0.05, 0.1) is 6.10 Å². The number of pyridine rings is 1. The van der Waals surface area contributed by atoms with Crippen LogP contribution in [0.2, 0.25) is 0 Å². The molecule has 1 heterocycles. The molecule has 0 bridgehead atoms. The van der Waals surface area contributed by atoms with Crippen LogP contribution in [0.5, 0.6) is 5.75 Å². The Labute approximate surface area is 99.6 Å². The molecule has 1 aromatic rings. The normalized spacial score (nSPS) is 13.9. The largest absolute Gasteiger partial charge is 0.489 e. The molecule has 0 aromatic carbocycles. The summed E-state index contributed by atoms with van der Waals surface area (Å²) in [7, 11) is 3.31. The van der Waals surface area contributed by atoms with Gasteiger partial charge in [0.25, 0.3) is 5.91 Å². The lowest BCUT2D eigenvalue weighted by molar-refractivity contribution is 0.0821. The Bertz CT molecular complexity index is 487. The summed E-state index contributed by atoms with van der Waals surface area (Å²) in [6, 6.07) is 3.55. The summed E-state index contributed by atoms with van der Waals surface area (Å²) in [4.78, 5) is 17.1. The molecule has 88 valence electrons. The van der Waals surface area contributed by atoms with Crippen molar-refractivity contribution in [1.82, 2.24) is 9.88 Å². The molecule has 5 heteroatoms. The fourth-order valence-corrected chi connectivity index (χ4v) is 1.33. The molecule has 1 aliphatic rings. The fraction of sp³-hybridized carbons (Fsp3) is 0.417. The van der Waals surface area contributed by atoms with Crippen LogP contribution < -0.4 is 4.74 Å². The Morgan fingerprint density at radius 3 is 2.82 bits per heavy atom. The Kier molecular flexibility index (Phi) is 2.96. The molecule has 1 aliphatic carbocycles. The summed E-state index contributed by atoms with van der Waals surface area (Å²) in [6.07, 6.45) is 3.58. The monoisotopic (exact) mass is 231 g/mol. The van der Waals surface area contributed by atoms with E-state index in [0.29, 0.717) is 17.0 Å². The van der Waals surface area contributed by atoms with Crippen molar-refractivity contribution in [1.29, 1.82) is 5.26 Å². The zero-order chi connectivity index (χ0) is 12.4. The molecular weight excluding hydrogens is 218 g/mol. The lowest BCUT2D eigenvalue weighted by Crippen LogP contribution is -2.22. The molecule has 1 amide bonds. The van der Waals surface area contributed by atoms with Gasteiger partial charge in [0.1, 0.15) is 23.1 Å². The van der Waals surface area contributed by atoms with E-state index in [0.717, 1.165) is 12.8 Å². The minimum absolute atomic E-state index is 0.187. The molecule has 0 atom stereocenters. The number of nitriles is 1. The lowest BCUT2D eigenvalue weighted by atomic mass is 10.2. The molecule has 0 unspecified atom stereocenters. The van der Waals surface area contributed by atoms with Gasteiger partial charge in [-0.15, -0.1) is 0 Å². The lowest BCUT2D eigenvalue weighted by Gasteiger charge is -2.11. The Balaban J connectivity index is 2.30. The first-order valence-electron chi connectivity index (χ1n) is 5.40. The smallest absolute Gasteiger partial charge is 0.272 e. The third-order valence-electron chi connectivity index (χ3n) is 2.43. The minimum atomic E-state index is -0.199. The number of rotatable bonds is 3. The Morgan fingerprint density at radius 1 is 1.59 bits per heavy atom. The maximum Gasteiger partial charge on any atom is 0.272 e. The summed E-state index contributed by atoms with van der Waals surface area (Å²) in [5.41, 5.74) is 0.664. The molecular formula is C12H13N3O2. The van der Waals surface area contributed by atoms with Crippen molar-refractivity contribution < 1.29 is 9.53 Å². The van der Waals surface area contributed by atoms with Crippen molar-refractivity contribution in [3.63, 3.8) is 0 Å². The zero-order valence-electron chi connectivity index (χ0n) is 9.80. The summed E-state index contributed by atoms with van der Waals surface area (Å²) >= 11 is 0. The maximum atomic E-state index is 11.7. The van der Waals surface area contributed by atoms with Crippen molar-refractivity contribution in [2.24, 2.45) is 0 Å². The van der Waals surface area contributed by atoms with Gasteiger partial charge < -0.3 is 9.64 Å². The molecule has 0 aliphatic heterocycles. The van der Waals surface area contributed by atoms with Gasteiger partial charge in [0.2, 0.25) is 0 Å². The van der Waals surface area contributed by atoms with E-state index in [9.17, 15) is 4.79 Å². The van der Waals surface area contributed by atoms with E-state index in [2.05, 4.69) is 4.98 Å². The number of hydrogen-bond donors (Lipinski definition) is 0. The van der Waals surface area contributed by atoms with Gasteiger partial charge in [-0.25, -0.2) is 4.98 Å². The number of carbonyl (C=O) groups excluding carboxylic acids is 1. The maximum absolute atomic E-state index is 11.7. The van der Waals surface area contributed by atoms with Crippen LogP contribution in [0, 0.1) is 11.3 Å². The van der Waals surface area contributed by atoms with Crippen LogP contribution in [-0.2, 0) is 0 Å². The van der Waals surface area contributed by atoms with Crippen LogP contribution in [0.15, 0.2) is 12.3 Å². The predicted octanol–water partition coefficient (Wildman–Crippen LogP) is 1.20. The fourth-order valence-electron chi connectivity index (χ4n) is 1.33. The summed E-state index contributed by atoms with van der Waals surface area (Å²) in [6.45, 7) is 0. The van der Waals surface area contributed by atoms with Gasteiger partial charge >= 0.3 is 0 Å². The number of aromatic nitrogens is 1. The van der Waals surface area contributed by atoms with E-state index in [1.165, 1.54) is 11.1 Å². The highest BCUT2D eigenvalue weighted by Crippen LogP contribution is 2.29. The Morgan fingerprint density at radius 2 is 2.29 bits per heavy atom. The molecule has 0 N–H and O–H groups in total. The van der Waals surface area contributed by atoms with E-state index in [4.69, 9.17) is 10.00 Å². The average molecular weight is 231 g/mol. The number of ether oxygens (including phenoxy) is 1. The predicted molar refractivity (Wildman–Crippen MR) is 60.6 cm³/mol. The van der Waals surface area contributed by atoms with Crippen LogP contribution >= 0.6 is 0 Å². The molecule has 0 radical (unpaired) electrons. The van der Waals surface area contributed by atoms with Crippen molar-refractivity contribution in [3.8, 4) is 11.8 Å². The van der Waals surface area contributed by atoms with Crippen LogP contribution in [0.3, 0.4) is 0 Å². The molecule has 1 fully saturated rings. The molecule has 1 aromatic heterocycles. The highest BCUT2D eigenvalue weighted by Gasteiger charge is 2.25. The van der Waals surface area contributed by atoms with Crippen molar-refractivity contribution in [2.75, 3.05) is 14.1 Å². The van der Waals surface area contributed by atoms with Crippen LogP contribution in [0.1, 0.15) is 28.9 Å². The molecule has 17 heavy (non-hydrogen) atoms. The number of amides is 1. The summed E-state index contributed by atoms with van der Waals surface area (Å²) in [5.74, 6) is 0.255. The van der Waals surface area contributed by atoms with E-state index in [1.807, 2.05) is 6.07 Å².